The van der Waals surface area contributed by atoms with E-state index in [9.17, 15) is 13.6 Å². The summed E-state index contributed by atoms with van der Waals surface area (Å²) >= 11 is 3.04. The molecule has 0 unspecified atom stereocenters. The van der Waals surface area contributed by atoms with Gasteiger partial charge >= 0.3 is 0 Å². The molecule has 1 heterocycles. The summed E-state index contributed by atoms with van der Waals surface area (Å²) in [5.74, 6) is 0. The number of nitrogens with two attached hydrogens (primary N) is 1. The van der Waals surface area contributed by atoms with Crippen LogP contribution in [0.5, 0.6) is 0 Å². The summed E-state index contributed by atoms with van der Waals surface area (Å²) in [6.07, 6.45) is -1.13. The molecule has 0 amide bonds. The molecular weight excluding hydrogens is 258 g/mol. The van der Waals surface area contributed by atoms with Crippen LogP contribution in [0.25, 0.3) is 0 Å². The molecule has 0 spiro atoms. The Morgan fingerprint density at radius 2 is 2.29 bits per heavy atom. The molecule has 0 saturated heterocycles. The van der Waals surface area contributed by atoms with E-state index in [0.29, 0.717) is 11.8 Å². The number of aldehydes is 1. The van der Waals surface area contributed by atoms with E-state index in [4.69, 9.17) is 5.73 Å². The Labute approximate surface area is 87.4 Å². The normalized spacial score (nSPS) is 10.6. The van der Waals surface area contributed by atoms with E-state index < -0.39 is 6.43 Å². The summed E-state index contributed by atoms with van der Waals surface area (Å²) in [6, 6.07) is 0. The van der Waals surface area contributed by atoms with E-state index in [1.165, 1.54) is 6.20 Å². The van der Waals surface area contributed by atoms with Gasteiger partial charge in [-0.3, -0.25) is 9.78 Å². The van der Waals surface area contributed by atoms with E-state index in [2.05, 4.69) is 20.9 Å². The predicted octanol–water partition coefficient (Wildman–Crippen LogP) is 2.31. The number of hydrogen-bond acceptors (Lipinski definition) is 3. The number of hydrogen-bond donors (Lipinski definition) is 1. The van der Waals surface area contributed by atoms with Crippen molar-refractivity contribution in [1.82, 2.24) is 4.98 Å². The Morgan fingerprint density at radius 3 is 2.71 bits per heavy atom. The molecule has 0 atom stereocenters. The molecular formula is C8H7BrF2N2O. The first kappa shape index (κ1) is 11.0. The van der Waals surface area contributed by atoms with E-state index >= 15 is 0 Å². The maximum Gasteiger partial charge on any atom is 0.266 e. The van der Waals surface area contributed by atoms with Crippen LogP contribution < -0.4 is 5.73 Å². The second-order valence-electron chi connectivity index (χ2n) is 2.55. The van der Waals surface area contributed by atoms with Gasteiger partial charge in [-0.05, 0) is 5.56 Å². The van der Waals surface area contributed by atoms with Crippen LogP contribution in [0.15, 0.2) is 6.20 Å². The van der Waals surface area contributed by atoms with Crippen molar-refractivity contribution in [3.63, 3.8) is 0 Å². The number of halogens is 3. The molecule has 3 nitrogen and oxygen atoms in total. The number of carbonyl (C=O) groups excluding carboxylic acids is 1. The highest BCUT2D eigenvalue weighted by molar-refractivity contribution is 9.08. The van der Waals surface area contributed by atoms with Gasteiger partial charge in [-0.25, -0.2) is 8.78 Å². The molecule has 1 aromatic rings. The second kappa shape index (κ2) is 4.45. The first-order chi connectivity index (χ1) is 6.61. The molecule has 0 aliphatic heterocycles. The standard InChI is InChI=1S/C8H7BrF2N2O/c9-1-4-2-13-5(3-14)7(12)6(4)8(10)11/h2-3,8H,1,12H2. The molecule has 0 fully saturated rings. The molecule has 1 aromatic heterocycles. The monoisotopic (exact) mass is 264 g/mol. The topological polar surface area (TPSA) is 56.0 Å². The average Bonchev–Trinajstić information content (AvgIpc) is 2.16. The number of aromatic nitrogens is 1. The molecule has 0 saturated carbocycles. The fraction of sp³-hybridized carbons (Fsp3) is 0.250. The molecule has 1 rings (SSSR count). The van der Waals surface area contributed by atoms with E-state index in [1.807, 2.05) is 0 Å². The Kier molecular flexibility index (Phi) is 3.51. The zero-order valence-corrected chi connectivity index (χ0v) is 8.59. The molecule has 0 bridgehead atoms. The van der Waals surface area contributed by atoms with Crippen molar-refractivity contribution in [1.29, 1.82) is 0 Å². The first-order valence-electron chi connectivity index (χ1n) is 3.68. The lowest BCUT2D eigenvalue weighted by atomic mass is 10.1. The smallest absolute Gasteiger partial charge is 0.266 e. The van der Waals surface area contributed by atoms with Crippen LogP contribution in [-0.4, -0.2) is 11.3 Å². The molecule has 2 N–H and O–H groups in total. The molecule has 14 heavy (non-hydrogen) atoms. The summed E-state index contributed by atoms with van der Waals surface area (Å²) in [6.45, 7) is 0. The summed E-state index contributed by atoms with van der Waals surface area (Å²) in [7, 11) is 0. The van der Waals surface area contributed by atoms with Crippen LogP contribution in [0.1, 0.15) is 28.0 Å². The van der Waals surface area contributed by atoms with Gasteiger partial charge in [0.2, 0.25) is 0 Å². The van der Waals surface area contributed by atoms with Crippen LogP contribution in [0, 0.1) is 0 Å². The minimum absolute atomic E-state index is 0.148. The maximum atomic E-state index is 12.5. The van der Waals surface area contributed by atoms with Gasteiger partial charge in [0.05, 0.1) is 5.69 Å². The quantitative estimate of drug-likeness (QED) is 0.674. The second-order valence-corrected chi connectivity index (χ2v) is 3.11. The number of alkyl halides is 3. The van der Waals surface area contributed by atoms with Gasteiger partial charge in [-0.2, -0.15) is 0 Å². The Morgan fingerprint density at radius 1 is 1.64 bits per heavy atom. The van der Waals surface area contributed by atoms with E-state index in [-0.39, 0.29) is 22.3 Å². The number of rotatable bonds is 3. The summed E-state index contributed by atoms with van der Waals surface area (Å²) in [5.41, 5.74) is 4.96. The van der Waals surface area contributed by atoms with Gasteiger partial charge < -0.3 is 5.73 Å². The van der Waals surface area contributed by atoms with Gasteiger partial charge in [0.15, 0.2) is 6.29 Å². The van der Waals surface area contributed by atoms with Gasteiger partial charge in [0, 0.05) is 17.1 Å². The van der Waals surface area contributed by atoms with Crippen molar-refractivity contribution < 1.29 is 13.6 Å². The Bertz CT molecular complexity index is 357. The van der Waals surface area contributed by atoms with E-state index in [0.717, 1.165) is 0 Å². The minimum atomic E-state index is -2.70. The van der Waals surface area contributed by atoms with Crippen LogP contribution in [0.3, 0.4) is 0 Å². The first-order valence-corrected chi connectivity index (χ1v) is 4.80. The van der Waals surface area contributed by atoms with Crippen molar-refractivity contribution >= 4 is 27.9 Å². The lowest BCUT2D eigenvalue weighted by Crippen LogP contribution is -2.05. The van der Waals surface area contributed by atoms with Crippen molar-refractivity contribution in [3.8, 4) is 0 Å². The van der Waals surface area contributed by atoms with E-state index in [1.54, 1.807) is 0 Å². The number of nitrogens with zero attached hydrogens (tertiary/aromatic N) is 1. The van der Waals surface area contributed by atoms with Crippen molar-refractivity contribution in [2.75, 3.05) is 5.73 Å². The highest BCUT2D eigenvalue weighted by Crippen LogP contribution is 2.30. The number of anilines is 1. The van der Waals surface area contributed by atoms with Crippen LogP contribution in [0.2, 0.25) is 0 Å². The molecule has 76 valence electrons. The zero-order valence-electron chi connectivity index (χ0n) is 7.01. The van der Waals surface area contributed by atoms with Crippen molar-refractivity contribution in [2.24, 2.45) is 0 Å². The Hall–Kier alpha value is -1.04. The zero-order chi connectivity index (χ0) is 10.7. The molecule has 0 radical (unpaired) electrons. The third-order valence-electron chi connectivity index (χ3n) is 1.75. The lowest BCUT2D eigenvalue weighted by Gasteiger charge is -2.10. The minimum Gasteiger partial charge on any atom is -0.396 e. The molecule has 0 aliphatic carbocycles. The van der Waals surface area contributed by atoms with Crippen molar-refractivity contribution in [3.05, 3.63) is 23.0 Å². The molecule has 0 aromatic carbocycles. The number of carbonyl (C=O) groups is 1. The van der Waals surface area contributed by atoms with Crippen molar-refractivity contribution in [2.45, 2.75) is 11.8 Å². The third kappa shape index (κ3) is 1.89. The van der Waals surface area contributed by atoms with Gasteiger partial charge in [-0.1, -0.05) is 15.9 Å². The summed E-state index contributed by atoms with van der Waals surface area (Å²) in [5, 5.41) is 0.225. The highest BCUT2D eigenvalue weighted by atomic mass is 79.9. The van der Waals surface area contributed by atoms with Gasteiger partial charge in [0.1, 0.15) is 5.69 Å². The average molecular weight is 265 g/mol. The fourth-order valence-corrected chi connectivity index (χ4v) is 1.50. The predicted molar refractivity (Wildman–Crippen MR) is 51.6 cm³/mol. The van der Waals surface area contributed by atoms with Crippen LogP contribution in [0.4, 0.5) is 14.5 Å². The van der Waals surface area contributed by atoms with Gasteiger partial charge in [0.25, 0.3) is 6.43 Å². The molecule has 6 heteroatoms. The lowest BCUT2D eigenvalue weighted by molar-refractivity contribution is 0.111. The maximum absolute atomic E-state index is 12.5. The SMILES string of the molecule is Nc1c(C=O)ncc(CBr)c1C(F)F. The summed E-state index contributed by atoms with van der Waals surface area (Å²) in [4.78, 5) is 14.1. The molecule has 0 aliphatic rings. The summed E-state index contributed by atoms with van der Waals surface area (Å²) < 4.78 is 25.1. The van der Waals surface area contributed by atoms with Crippen LogP contribution in [-0.2, 0) is 5.33 Å². The Balaban J connectivity index is 3.38. The third-order valence-corrected chi connectivity index (χ3v) is 2.35. The number of pyridine rings is 1. The highest BCUT2D eigenvalue weighted by Gasteiger charge is 2.19. The van der Waals surface area contributed by atoms with Gasteiger partial charge in [-0.15, -0.1) is 0 Å². The fourth-order valence-electron chi connectivity index (χ4n) is 1.06. The van der Waals surface area contributed by atoms with Crippen LogP contribution >= 0.6 is 15.9 Å². The largest absolute Gasteiger partial charge is 0.396 e. The number of nitrogen functional groups attached to an aromatic ring is 1.